The van der Waals surface area contributed by atoms with Gasteiger partial charge in [-0.15, -0.1) is 0 Å². The summed E-state index contributed by atoms with van der Waals surface area (Å²) in [5.74, 6) is -2.43. The molecule has 0 aliphatic carbocycles. The van der Waals surface area contributed by atoms with Crippen molar-refractivity contribution in [3.63, 3.8) is 0 Å². The van der Waals surface area contributed by atoms with E-state index in [1.807, 2.05) is 0 Å². The summed E-state index contributed by atoms with van der Waals surface area (Å²) >= 11 is 0. The van der Waals surface area contributed by atoms with Gasteiger partial charge in [-0.3, -0.25) is 19.4 Å². The van der Waals surface area contributed by atoms with Crippen molar-refractivity contribution in [2.75, 3.05) is 17.2 Å². The van der Waals surface area contributed by atoms with Crippen LogP contribution in [0.4, 0.5) is 24.5 Å². The minimum Gasteiger partial charge on any atom is -0.472 e. The molecule has 0 spiro atoms. The van der Waals surface area contributed by atoms with Gasteiger partial charge in [-0.05, 0) is 36.4 Å². The summed E-state index contributed by atoms with van der Waals surface area (Å²) < 4.78 is 45.8. The standard InChI is InChI=1S/C23H19F3N4O4/c24-23(25,26)18-10-16(28-21(32)14-6-8-34-13-14)4-5-19(18)29-22(33)15-9-20(31)30(11-15)12-17-3-1-2-7-27-17/h1-8,10,13,15H,9,11-12H2,(H,28,32)(H,29,33). The zero-order valence-electron chi connectivity index (χ0n) is 17.6. The van der Waals surface area contributed by atoms with Crippen LogP contribution < -0.4 is 10.6 Å². The minimum absolute atomic E-state index is 0.0709. The maximum atomic E-state index is 13.7. The van der Waals surface area contributed by atoms with Gasteiger partial charge >= 0.3 is 6.18 Å². The molecule has 2 aromatic heterocycles. The van der Waals surface area contributed by atoms with E-state index in [0.29, 0.717) is 5.69 Å². The van der Waals surface area contributed by atoms with Crippen LogP contribution in [0.25, 0.3) is 0 Å². The molecule has 3 aromatic rings. The highest BCUT2D eigenvalue weighted by molar-refractivity contribution is 6.04. The number of nitrogens with zero attached hydrogens (tertiary/aromatic N) is 2. The molecule has 0 saturated carbocycles. The second kappa shape index (κ2) is 9.38. The first-order valence-corrected chi connectivity index (χ1v) is 10.2. The lowest BCUT2D eigenvalue weighted by atomic mass is 10.1. The monoisotopic (exact) mass is 472 g/mol. The van der Waals surface area contributed by atoms with Crippen molar-refractivity contribution in [3.05, 3.63) is 78.0 Å². The Balaban J connectivity index is 1.46. The number of amides is 3. The van der Waals surface area contributed by atoms with Gasteiger partial charge in [0.25, 0.3) is 5.91 Å². The predicted molar refractivity (Wildman–Crippen MR) is 114 cm³/mol. The van der Waals surface area contributed by atoms with E-state index in [-0.39, 0.29) is 36.7 Å². The number of aromatic nitrogens is 1. The lowest BCUT2D eigenvalue weighted by molar-refractivity contribution is -0.137. The van der Waals surface area contributed by atoms with E-state index < -0.39 is 35.2 Å². The van der Waals surface area contributed by atoms with Crippen molar-refractivity contribution in [1.29, 1.82) is 0 Å². The number of rotatable bonds is 6. The second-order valence-electron chi connectivity index (χ2n) is 7.71. The number of alkyl halides is 3. The molecule has 1 aliphatic heterocycles. The van der Waals surface area contributed by atoms with E-state index in [1.54, 1.807) is 24.4 Å². The third kappa shape index (κ3) is 5.25. The highest BCUT2D eigenvalue weighted by Crippen LogP contribution is 2.37. The van der Waals surface area contributed by atoms with Crippen LogP contribution in [-0.2, 0) is 22.3 Å². The Morgan fingerprint density at radius 3 is 2.65 bits per heavy atom. The van der Waals surface area contributed by atoms with Crippen LogP contribution in [0.15, 0.2) is 65.6 Å². The molecule has 0 radical (unpaired) electrons. The Bertz CT molecular complexity index is 1200. The number of hydrogen-bond acceptors (Lipinski definition) is 5. The molecule has 1 aliphatic rings. The zero-order chi connectivity index (χ0) is 24.3. The number of carbonyl (C=O) groups is 3. The van der Waals surface area contributed by atoms with E-state index in [0.717, 1.165) is 18.4 Å². The molecule has 4 rings (SSSR count). The van der Waals surface area contributed by atoms with Gasteiger partial charge in [0.15, 0.2) is 0 Å². The van der Waals surface area contributed by atoms with Crippen LogP contribution in [0.2, 0.25) is 0 Å². The number of halogens is 3. The summed E-state index contributed by atoms with van der Waals surface area (Å²) in [7, 11) is 0. The molecule has 2 N–H and O–H groups in total. The van der Waals surface area contributed by atoms with Gasteiger partial charge in [0.05, 0.1) is 41.2 Å². The maximum absolute atomic E-state index is 13.7. The normalized spacial score (nSPS) is 15.9. The second-order valence-corrected chi connectivity index (χ2v) is 7.71. The minimum atomic E-state index is -4.80. The molecule has 11 heteroatoms. The SMILES string of the molecule is O=C(Nc1ccc(NC(=O)C2CC(=O)N(Cc3ccccn3)C2)c(C(F)(F)F)c1)c1ccoc1. The van der Waals surface area contributed by atoms with Crippen molar-refractivity contribution in [2.24, 2.45) is 5.92 Å². The molecule has 176 valence electrons. The average molecular weight is 472 g/mol. The van der Waals surface area contributed by atoms with Crippen LogP contribution in [0, 0.1) is 5.92 Å². The Kier molecular flexibility index (Phi) is 6.35. The van der Waals surface area contributed by atoms with E-state index in [4.69, 9.17) is 4.42 Å². The Labute approximate surface area is 191 Å². The average Bonchev–Trinajstić information content (AvgIpc) is 3.45. The molecule has 34 heavy (non-hydrogen) atoms. The summed E-state index contributed by atoms with van der Waals surface area (Å²) in [4.78, 5) is 42.7. The molecule has 0 bridgehead atoms. The zero-order valence-corrected chi connectivity index (χ0v) is 17.6. The largest absolute Gasteiger partial charge is 0.472 e. The van der Waals surface area contributed by atoms with Gasteiger partial charge < -0.3 is 20.0 Å². The van der Waals surface area contributed by atoms with Crippen molar-refractivity contribution in [3.8, 4) is 0 Å². The summed E-state index contributed by atoms with van der Waals surface area (Å²) in [6, 6.07) is 9.66. The third-order valence-corrected chi connectivity index (χ3v) is 5.29. The topological polar surface area (TPSA) is 105 Å². The highest BCUT2D eigenvalue weighted by atomic mass is 19.4. The highest BCUT2D eigenvalue weighted by Gasteiger charge is 2.37. The first kappa shape index (κ1) is 23.0. The lowest BCUT2D eigenvalue weighted by Gasteiger charge is -2.18. The van der Waals surface area contributed by atoms with Gasteiger partial charge in [0, 0.05) is 24.8 Å². The van der Waals surface area contributed by atoms with Gasteiger partial charge in [-0.25, -0.2) is 0 Å². The van der Waals surface area contributed by atoms with Gasteiger partial charge in [0.2, 0.25) is 11.8 Å². The van der Waals surface area contributed by atoms with Crippen molar-refractivity contribution in [1.82, 2.24) is 9.88 Å². The number of furan rings is 1. The van der Waals surface area contributed by atoms with Gasteiger partial charge in [-0.1, -0.05) is 6.07 Å². The summed E-state index contributed by atoms with van der Waals surface area (Å²) in [6.07, 6.45) is -0.900. The Hall–Kier alpha value is -4.15. The van der Waals surface area contributed by atoms with Crippen molar-refractivity contribution in [2.45, 2.75) is 19.1 Å². The maximum Gasteiger partial charge on any atom is 0.418 e. The van der Waals surface area contributed by atoms with E-state index >= 15 is 0 Å². The quantitative estimate of drug-likeness (QED) is 0.566. The summed E-state index contributed by atoms with van der Waals surface area (Å²) in [5, 5.41) is 4.65. The molecule has 1 unspecified atom stereocenters. The molecule has 3 amide bonds. The molecular weight excluding hydrogens is 453 g/mol. The number of anilines is 2. The molecule has 1 atom stereocenters. The first-order chi connectivity index (χ1) is 16.2. The van der Waals surface area contributed by atoms with Crippen molar-refractivity contribution < 1.29 is 32.0 Å². The molecular formula is C23H19F3N4O4. The van der Waals surface area contributed by atoms with Crippen molar-refractivity contribution >= 4 is 29.1 Å². The smallest absolute Gasteiger partial charge is 0.418 e. The van der Waals surface area contributed by atoms with Crippen LogP contribution in [0.1, 0.15) is 28.0 Å². The number of benzene rings is 1. The fourth-order valence-corrected chi connectivity index (χ4v) is 3.59. The Morgan fingerprint density at radius 2 is 1.97 bits per heavy atom. The van der Waals surface area contributed by atoms with Crippen LogP contribution >= 0.6 is 0 Å². The van der Waals surface area contributed by atoms with E-state index in [1.165, 1.54) is 23.3 Å². The van der Waals surface area contributed by atoms with E-state index in [2.05, 4.69) is 15.6 Å². The third-order valence-electron chi connectivity index (χ3n) is 5.29. The van der Waals surface area contributed by atoms with Crippen LogP contribution in [0.5, 0.6) is 0 Å². The fraction of sp³-hybridized carbons (Fsp3) is 0.217. The molecule has 8 nitrogen and oxygen atoms in total. The molecule has 1 fully saturated rings. The molecule has 3 heterocycles. The summed E-state index contributed by atoms with van der Waals surface area (Å²) in [5.41, 5.74) is -0.902. The Morgan fingerprint density at radius 1 is 1.15 bits per heavy atom. The van der Waals surface area contributed by atoms with E-state index in [9.17, 15) is 27.6 Å². The molecule has 1 aromatic carbocycles. The predicted octanol–water partition coefficient (Wildman–Crippen LogP) is 3.93. The van der Waals surface area contributed by atoms with Crippen LogP contribution in [0.3, 0.4) is 0 Å². The lowest BCUT2D eigenvalue weighted by Crippen LogP contribution is -2.28. The van der Waals surface area contributed by atoms with Crippen LogP contribution in [-0.4, -0.2) is 34.2 Å². The fourth-order valence-electron chi connectivity index (χ4n) is 3.59. The summed E-state index contributed by atoms with van der Waals surface area (Å²) in [6.45, 7) is 0.281. The molecule has 1 saturated heterocycles. The number of carbonyl (C=O) groups excluding carboxylic acids is 3. The first-order valence-electron chi connectivity index (χ1n) is 10.2. The van der Waals surface area contributed by atoms with Gasteiger partial charge in [-0.2, -0.15) is 13.2 Å². The van der Waals surface area contributed by atoms with Gasteiger partial charge in [0.1, 0.15) is 6.26 Å². The number of nitrogens with one attached hydrogen (secondary N) is 2. The number of hydrogen-bond donors (Lipinski definition) is 2. The number of likely N-dealkylation sites (tertiary alicyclic amines) is 1. The number of pyridine rings is 1.